The molecule has 0 aromatic carbocycles. The van der Waals surface area contributed by atoms with Gasteiger partial charge < -0.3 is 10.2 Å². The highest BCUT2D eigenvalue weighted by atomic mass is 32.2. The monoisotopic (exact) mass is 312 g/mol. The van der Waals surface area contributed by atoms with Crippen LogP contribution in [0.2, 0.25) is 0 Å². The predicted molar refractivity (Wildman–Crippen MR) is 83.8 cm³/mol. The number of aromatic nitrogens is 1. The molecule has 1 aliphatic rings. The summed E-state index contributed by atoms with van der Waals surface area (Å²) in [5, 5.41) is 3.13. The number of sulfonamides is 1. The minimum absolute atomic E-state index is 0.0392. The summed E-state index contributed by atoms with van der Waals surface area (Å²) in [5.74, 6) is 0.282. The Morgan fingerprint density at radius 2 is 2.24 bits per heavy atom. The van der Waals surface area contributed by atoms with Gasteiger partial charge in [0.05, 0.1) is 5.69 Å². The zero-order valence-electron chi connectivity index (χ0n) is 12.8. The molecule has 0 amide bonds. The molecule has 2 heterocycles. The van der Waals surface area contributed by atoms with E-state index in [1.165, 1.54) is 6.20 Å². The number of anilines is 1. The van der Waals surface area contributed by atoms with Crippen LogP contribution in [-0.4, -0.2) is 51.0 Å². The van der Waals surface area contributed by atoms with Gasteiger partial charge in [-0.25, -0.2) is 18.1 Å². The molecule has 1 aliphatic heterocycles. The van der Waals surface area contributed by atoms with Crippen LogP contribution in [0.5, 0.6) is 0 Å². The van der Waals surface area contributed by atoms with Crippen molar-refractivity contribution >= 4 is 15.7 Å². The third-order valence-electron chi connectivity index (χ3n) is 3.81. The summed E-state index contributed by atoms with van der Waals surface area (Å²) in [7, 11) is -1.55. The number of hydrogen-bond donors (Lipinski definition) is 2. The maximum Gasteiger partial charge on any atom is 0.260 e. The first kappa shape index (κ1) is 16.2. The summed E-state index contributed by atoms with van der Waals surface area (Å²) in [6.07, 6.45) is 2.33. The van der Waals surface area contributed by atoms with E-state index in [2.05, 4.69) is 33.9 Å². The number of rotatable bonds is 5. The first-order chi connectivity index (χ1) is 9.94. The number of pyridine rings is 1. The lowest BCUT2D eigenvalue weighted by molar-refractivity contribution is 0.188. The molecule has 1 aromatic rings. The number of hydrogen-bond acceptors (Lipinski definition) is 5. The van der Waals surface area contributed by atoms with E-state index in [-0.39, 0.29) is 17.0 Å². The minimum Gasteiger partial charge on any atom is -0.383 e. The van der Waals surface area contributed by atoms with Gasteiger partial charge in [-0.2, -0.15) is 0 Å². The molecule has 0 aliphatic carbocycles. The van der Waals surface area contributed by atoms with Crippen molar-refractivity contribution < 1.29 is 8.42 Å². The Labute approximate surface area is 127 Å². The molecular weight excluding hydrogens is 288 g/mol. The highest BCUT2D eigenvalue weighted by molar-refractivity contribution is 7.89. The second-order valence-corrected chi connectivity index (χ2v) is 7.27. The van der Waals surface area contributed by atoms with Crippen molar-refractivity contribution in [2.45, 2.75) is 31.3 Å². The summed E-state index contributed by atoms with van der Waals surface area (Å²) in [6.45, 7) is 6.45. The molecular formula is C14H24N4O2S. The summed E-state index contributed by atoms with van der Waals surface area (Å²) in [5.41, 5.74) is 0.549. The summed E-state index contributed by atoms with van der Waals surface area (Å²) >= 11 is 0. The highest BCUT2D eigenvalue weighted by Crippen LogP contribution is 2.21. The van der Waals surface area contributed by atoms with Crippen molar-refractivity contribution in [3.8, 4) is 0 Å². The van der Waals surface area contributed by atoms with E-state index in [0.717, 1.165) is 19.5 Å². The zero-order valence-corrected chi connectivity index (χ0v) is 13.7. The van der Waals surface area contributed by atoms with Crippen molar-refractivity contribution in [1.82, 2.24) is 14.6 Å². The summed E-state index contributed by atoms with van der Waals surface area (Å²) < 4.78 is 28.0. The molecule has 6 nitrogen and oxygen atoms in total. The molecule has 0 radical (unpaired) electrons. The average molecular weight is 312 g/mol. The van der Waals surface area contributed by atoms with Crippen molar-refractivity contribution in [2.75, 3.05) is 32.0 Å². The molecule has 0 spiro atoms. The molecule has 21 heavy (non-hydrogen) atoms. The van der Waals surface area contributed by atoms with Crippen LogP contribution in [-0.2, 0) is 10.0 Å². The van der Waals surface area contributed by atoms with Gasteiger partial charge in [-0.15, -0.1) is 0 Å². The highest BCUT2D eigenvalue weighted by Gasteiger charge is 2.30. The first-order valence-corrected chi connectivity index (χ1v) is 8.82. The number of nitrogens with one attached hydrogen (secondary N) is 2. The van der Waals surface area contributed by atoms with Crippen LogP contribution >= 0.6 is 0 Å². The van der Waals surface area contributed by atoms with Crippen LogP contribution in [0, 0.1) is 5.92 Å². The van der Waals surface area contributed by atoms with Gasteiger partial charge >= 0.3 is 0 Å². The quantitative estimate of drug-likeness (QED) is 0.852. The molecule has 118 valence electrons. The molecule has 1 saturated heterocycles. The second-order valence-electron chi connectivity index (χ2n) is 5.64. The molecule has 1 aromatic heterocycles. The zero-order chi connectivity index (χ0) is 15.5. The van der Waals surface area contributed by atoms with Gasteiger partial charge in [0.2, 0.25) is 0 Å². The third-order valence-corrected chi connectivity index (χ3v) is 5.26. The lowest BCUT2D eigenvalue weighted by atomic mass is 9.95. The molecule has 2 unspecified atom stereocenters. The molecule has 2 atom stereocenters. The Bertz CT molecular complexity index is 576. The van der Waals surface area contributed by atoms with Crippen molar-refractivity contribution in [2.24, 2.45) is 5.92 Å². The average Bonchev–Trinajstić information content (AvgIpc) is 2.43. The first-order valence-electron chi connectivity index (χ1n) is 7.33. The Balaban J connectivity index is 2.19. The molecule has 2 rings (SSSR count). The third kappa shape index (κ3) is 3.93. The van der Waals surface area contributed by atoms with Gasteiger partial charge in [-0.05, 0) is 45.0 Å². The standard InChI is InChI=1S/C14H24N4O2S/c1-4-15-13-6-5-8-16-14(13)21(19,20)17-12-7-9-18(3)10-11(12)2/h5-6,8,11-12,15,17H,4,7,9-10H2,1-3H3. The van der Waals surface area contributed by atoms with E-state index >= 15 is 0 Å². The number of nitrogens with zero attached hydrogens (tertiary/aromatic N) is 2. The van der Waals surface area contributed by atoms with Gasteiger partial charge in [-0.3, -0.25) is 0 Å². The Kier molecular flexibility index (Phi) is 5.18. The van der Waals surface area contributed by atoms with Crippen LogP contribution in [0.4, 0.5) is 5.69 Å². The van der Waals surface area contributed by atoms with E-state index in [1.807, 2.05) is 6.92 Å². The van der Waals surface area contributed by atoms with Gasteiger partial charge in [0.15, 0.2) is 5.03 Å². The Morgan fingerprint density at radius 1 is 1.48 bits per heavy atom. The van der Waals surface area contributed by atoms with Crippen molar-refractivity contribution in [3.63, 3.8) is 0 Å². The van der Waals surface area contributed by atoms with E-state index < -0.39 is 10.0 Å². The van der Waals surface area contributed by atoms with Crippen LogP contribution < -0.4 is 10.0 Å². The van der Waals surface area contributed by atoms with Crippen LogP contribution in [0.1, 0.15) is 20.3 Å². The Morgan fingerprint density at radius 3 is 2.90 bits per heavy atom. The lowest BCUT2D eigenvalue weighted by Gasteiger charge is -2.34. The fourth-order valence-electron chi connectivity index (χ4n) is 2.71. The van der Waals surface area contributed by atoms with E-state index in [0.29, 0.717) is 12.2 Å². The molecule has 7 heteroatoms. The molecule has 0 saturated carbocycles. The van der Waals surface area contributed by atoms with Crippen molar-refractivity contribution in [1.29, 1.82) is 0 Å². The van der Waals surface area contributed by atoms with Crippen molar-refractivity contribution in [3.05, 3.63) is 18.3 Å². The lowest BCUT2D eigenvalue weighted by Crippen LogP contribution is -2.48. The van der Waals surface area contributed by atoms with Crippen LogP contribution in [0.3, 0.4) is 0 Å². The smallest absolute Gasteiger partial charge is 0.260 e. The SMILES string of the molecule is CCNc1cccnc1S(=O)(=O)NC1CCN(C)CC1C. The Hall–Kier alpha value is -1.18. The maximum atomic E-state index is 12.6. The summed E-state index contributed by atoms with van der Waals surface area (Å²) in [6, 6.07) is 3.43. The summed E-state index contributed by atoms with van der Waals surface area (Å²) in [4.78, 5) is 6.27. The predicted octanol–water partition coefficient (Wildman–Crippen LogP) is 1.13. The second kappa shape index (κ2) is 6.72. The van der Waals surface area contributed by atoms with Gasteiger partial charge in [0.1, 0.15) is 0 Å². The van der Waals surface area contributed by atoms with E-state index in [4.69, 9.17) is 0 Å². The minimum atomic E-state index is -3.61. The van der Waals surface area contributed by atoms with Crippen LogP contribution in [0.25, 0.3) is 0 Å². The molecule has 0 bridgehead atoms. The van der Waals surface area contributed by atoms with Gasteiger partial charge in [0.25, 0.3) is 10.0 Å². The maximum absolute atomic E-state index is 12.6. The topological polar surface area (TPSA) is 74.3 Å². The van der Waals surface area contributed by atoms with Gasteiger partial charge in [0, 0.05) is 25.3 Å². The molecule has 1 fully saturated rings. The fourth-order valence-corrected chi connectivity index (χ4v) is 4.20. The molecule has 2 N–H and O–H groups in total. The largest absolute Gasteiger partial charge is 0.383 e. The number of piperidine rings is 1. The van der Waals surface area contributed by atoms with E-state index in [1.54, 1.807) is 12.1 Å². The fraction of sp³-hybridized carbons (Fsp3) is 0.643. The number of likely N-dealkylation sites (tertiary alicyclic amines) is 1. The van der Waals surface area contributed by atoms with Gasteiger partial charge in [-0.1, -0.05) is 6.92 Å². The normalized spacial score (nSPS) is 24.0. The van der Waals surface area contributed by atoms with Crippen LogP contribution in [0.15, 0.2) is 23.4 Å². The van der Waals surface area contributed by atoms with E-state index in [9.17, 15) is 8.42 Å².